The van der Waals surface area contributed by atoms with Crippen molar-refractivity contribution in [2.75, 3.05) is 19.6 Å². The van der Waals surface area contributed by atoms with Gasteiger partial charge in [-0.25, -0.2) is 0 Å². The number of nitrogens with one attached hydrogen (secondary N) is 1. The van der Waals surface area contributed by atoms with E-state index >= 15 is 0 Å². The van der Waals surface area contributed by atoms with E-state index in [1.807, 2.05) is 18.2 Å². The third kappa shape index (κ3) is 4.30. The number of hydrogen-bond donors (Lipinski definition) is 1. The molecule has 3 nitrogen and oxygen atoms in total. The second kappa shape index (κ2) is 7.05. The molecular formula is C15H20Br2N2O. The van der Waals surface area contributed by atoms with Gasteiger partial charge in [0.1, 0.15) is 0 Å². The number of benzene rings is 1. The standard InChI is InChI=1S/C15H20Br2N2O/c1-10(2)19-4-3-11(9-19)8-18-15(20)12-5-13(16)7-14(17)6-12/h5-7,10-11H,3-4,8-9H2,1-2H3,(H,18,20). The Morgan fingerprint density at radius 1 is 1.35 bits per heavy atom. The Hall–Kier alpha value is -0.390. The molecule has 1 saturated heterocycles. The Kier molecular flexibility index (Phi) is 5.64. The van der Waals surface area contributed by atoms with Gasteiger partial charge in [0.05, 0.1) is 0 Å². The van der Waals surface area contributed by atoms with Crippen LogP contribution in [-0.4, -0.2) is 36.5 Å². The lowest BCUT2D eigenvalue weighted by Crippen LogP contribution is -2.33. The lowest BCUT2D eigenvalue weighted by Gasteiger charge is -2.20. The van der Waals surface area contributed by atoms with Gasteiger partial charge >= 0.3 is 0 Å². The Morgan fingerprint density at radius 3 is 2.55 bits per heavy atom. The van der Waals surface area contributed by atoms with Crippen LogP contribution in [0.25, 0.3) is 0 Å². The van der Waals surface area contributed by atoms with Crippen molar-refractivity contribution in [3.05, 3.63) is 32.7 Å². The molecule has 5 heteroatoms. The van der Waals surface area contributed by atoms with Crippen molar-refractivity contribution in [3.8, 4) is 0 Å². The van der Waals surface area contributed by atoms with Gasteiger partial charge < -0.3 is 10.2 Å². The SMILES string of the molecule is CC(C)N1CCC(CNC(=O)c2cc(Br)cc(Br)c2)C1. The van der Waals surface area contributed by atoms with Crippen molar-refractivity contribution in [1.82, 2.24) is 10.2 Å². The number of carbonyl (C=O) groups excluding carboxylic acids is 1. The lowest BCUT2D eigenvalue weighted by molar-refractivity contribution is 0.0947. The van der Waals surface area contributed by atoms with Gasteiger partial charge in [-0.05, 0) is 50.9 Å². The molecule has 0 radical (unpaired) electrons. The van der Waals surface area contributed by atoms with Crippen LogP contribution in [0.2, 0.25) is 0 Å². The Balaban J connectivity index is 1.87. The van der Waals surface area contributed by atoms with Gasteiger partial charge in [-0.15, -0.1) is 0 Å². The van der Waals surface area contributed by atoms with Gasteiger partial charge in [0.15, 0.2) is 0 Å². The summed E-state index contributed by atoms with van der Waals surface area (Å²) in [5.41, 5.74) is 0.685. The van der Waals surface area contributed by atoms with Gasteiger partial charge in [0, 0.05) is 33.6 Å². The molecule has 0 saturated carbocycles. The average Bonchev–Trinajstić information content (AvgIpc) is 2.83. The molecule has 1 unspecified atom stereocenters. The lowest BCUT2D eigenvalue weighted by atomic mass is 10.1. The van der Waals surface area contributed by atoms with E-state index in [0.717, 1.165) is 28.6 Å². The van der Waals surface area contributed by atoms with E-state index < -0.39 is 0 Å². The molecule has 1 fully saturated rings. The van der Waals surface area contributed by atoms with Crippen LogP contribution in [0.4, 0.5) is 0 Å². The topological polar surface area (TPSA) is 32.3 Å². The summed E-state index contributed by atoms with van der Waals surface area (Å²) in [5, 5.41) is 3.05. The predicted molar refractivity (Wildman–Crippen MR) is 89.0 cm³/mol. The summed E-state index contributed by atoms with van der Waals surface area (Å²) in [7, 11) is 0. The first-order valence-electron chi connectivity index (χ1n) is 6.94. The molecule has 1 heterocycles. The molecular weight excluding hydrogens is 384 g/mol. The van der Waals surface area contributed by atoms with E-state index in [4.69, 9.17) is 0 Å². The molecule has 20 heavy (non-hydrogen) atoms. The van der Waals surface area contributed by atoms with E-state index in [1.165, 1.54) is 6.42 Å². The monoisotopic (exact) mass is 402 g/mol. The van der Waals surface area contributed by atoms with Crippen LogP contribution in [0.5, 0.6) is 0 Å². The maximum Gasteiger partial charge on any atom is 0.251 e. The maximum atomic E-state index is 12.2. The normalized spacial score (nSPS) is 19.6. The third-order valence-corrected chi connectivity index (χ3v) is 4.64. The highest BCUT2D eigenvalue weighted by Gasteiger charge is 2.24. The first-order chi connectivity index (χ1) is 9.45. The number of amides is 1. The average molecular weight is 404 g/mol. The molecule has 0 aromatic heterocycles. The Bertz CT molecular complexity index is 471. The zero-order chi connectivity index (χ0) is 14.7. The van der Waals surface area contributed by atoms with E-state index in [9.17, 15) is 4.79 Å². The van der Waals surface area contributed by atoms with Crippen LogP contribution in [0.3, 0.4) is 0 Å². The zero-order valence-electron chi connectivity index (χ0n) is 11.8. The summed E-state index contributed by atoms with van der Waals surface area (Å²) < 4.78 is 1.81. The van der Waals surface area contributed by atoms with E-state index in [2.05, 4.69) is 55.9 Å². The van der Waals surface area contributed by atoms with Gasteiger partial charge in [0.25, 0.3) is 5.91 Å². The Labute approximate surface area is 137 Å². The van der Waals surface area contributed by atoms with Gasteiger partial charge in [0.2, 0.25) is 0 Å². The maximum absolute atomic E-state index is 12.2. The highest BCUT2D eigenvalue weighted by atomic mass is 79.9. The number of nitrogens with zero attached hydrogens (tertiary/aromatic N) is 1. The van der Waals surface area contributed by atoms with Crippen molar-refractivity contribution in [3.63, 3.8) is 0 Å². The fraction of sp³-hybridized carbons (Fsp3) is 0.533. The van der Waals surface area contributed by atoms with Crippen LogP contribution < -0.4 is 5.32 Å². The van der Waals surface area contributed by atoms with Crippen LogP contribution in [0, 0.1) is 5.92 Å². The molecule has 1 aromatic carbocycles. The van der Waals surface area contributed by atoms with Crippen molar-refractivity contribution >= 4 is 37.8 Å². The molecule has 0 aliphatic carbocycles. The van der Waals surface area contributed by atoms with Crippen molar-refractivity contribution in [2.24, 2.45) is 5.92 Å². The smallest absolute Gasteiger partial charge is 0.251 e. The molecule has 1 N–H and O–H groups in total. The number of rotatable bonds is 4. The summed E-state index contributed by atoms with van der Waals surface area (Å²) in [4.78, 5) is 14.6. The molecule has 110 valence electrons. The van der Waals surface area contributed by atoms with Crippen LogP contribution in [-0.2, 0) is 0 Å². The van der Waals surface area contributed by atoms with Crippen molar-refractivity contribution < 1.29 is 4.79 Å². The highest BCUT2D eigenvalue weighted by Crippen LogP contribution is 2.21. The summed E-state index contributed by atoms with van der Waals surface area (Å²) >= 11 is 6.81. The number of hydrogen-bond acceptors (Lipinski definition) is 2. The molecule has 1 amide bonds. The van der Waals surface area contributed by atoms with Gasteiger partial charge in [-0.3, -0.25) is 4.79 Å². The second-order valence-electron chi connectivity index (χ2n) is 5.61. The summed E-state index contributed by atoms with van der Waals surface area (Å²) in [6, 6.07) is 6.20. The molecule has 1 aliphatic rings. The van der Waals surface area contributed by atoms with Gasteiger partial charge in [-0.1, -0.05) is 31.9 Å². The first kappa shape index (κ1) is 16.0. The number of halogens is 2. The molecule has 0 bridgehead atoms. The third-order valence-electron chi connectivity index (χ3n) is 3.72. The first-order valence-corrected chi connectivity index (χ1v) is 8.52. The molecule has 1 atom stereocenters. The van der Waals surface area contributed by atoms with Crippen molar-refractivity contribution in [1.29, 1.82) is 0 Å². The number of carbonyl (C=O) groups is 1. The summed E-state index contributed by atoms with van der Waals surface area (Å²) in [6.07, 6.45) is 1.17. The van der Waals surface area contributed by atoms with Crippen molar-refractivity contribution in [2.45, 2.75) is 26.3 Å². The van der Waals surface area contributed by atoms with Gasteiger partial charge in [-0.2, -0.15) is 0 Å². The predicted octanol–water partition coefficient (Wildman–Crippen LogP) is 3.67. The second-order valence-corrected chi connectivity index (χ2v) is 7.44. The molecule has 2 rings (SSSR count). The van der Waals surface area contributed by atoms with Crippen LogP contribution in [0.1, 0.15) is 30.6 Å². The van der Waals surface area contributed by atoms with E-state index in [0.29, 0.717) is 17.5 Å². The minimum absolute atomic E-state index is 0.00463. The fourth-order valence-electron chi connectivity index (χ4n) is 2.52. The van der Waals surface area contributed by atoms with E-state index in [-0.39, 0.29) is 5.91 Å². The molecule has 1 aromatic rings. The minimum atomic E-state index is -0.00463. The Morgan fingerprint density at radius 2 is 2.00 bits per heavy atom. The largest absolute Gasteiger partial charge is 0.352 e. The summed E-state index contributed by atoms with van der Waals surface area (Å²) in [6.45, 7) is 7.42. The molecule has 0 spiro atoms. The number of likely N-dealkylation sites (tertiary alicyclic amines) is 1. The zero-order valence-corrected chi connectivity index (χ0v) is 15.0. The quantitative estimate of drug-likeness (QED) is 0.831. The van der Waals surface area contributed by atoms with E-state index in [1.54, 1.807) is 0 Å². The highest BCUT2D eigenvalue weighted by molar-refractivity contribution is 9.11. The summed E-state index contributed by atoms with van der Waals surface area (Å²) in [5.74, 6) is 0.562. The molecule has 1 aliphatic heterocycles. The minimum Gasteiger partial charge on any atom is -0.352 e. The van der Waals surface area contributed by atoms with Crippen LogP contribution in [0.15, 0.2) is 27.1 Å². The fourth-order valence-corrected chi connectivity index (χ4v) is 3.82. The van der Waals surface area contributed by atoms with Crippen LogP contribution >= 0.6 is 31.9 Å².